The van der Waals surface area contributed by atoms with Crippen molar-refractivity contribution in [2.75, 3.05) is 6.61 Å². The molecular formula is C16H11Cl2NO3S. The lowest BCUT2D eigenvalue weighted by atomic mass is 10.3. The maximum Gasteiger partial charge on any atom is 0.344 e. The molecule has 0 aliphatic carbocycles. The van der Waals surface area contributed by atoms with Crippen molar-refractivity contribution in [1.82, 2.24) is 4.98 Å². The number of nitrogens with zero attached hydrogens (tertiary/aromatic N) is 1. The van der Waals surface area contributed by atoms with Gasteiger partial charge in [0.1, 0.15) is 17.4 Å². The Bertz CT molecular complexity index is 817. The minimum atomic E-state index is -0.500. The van der Waals surface area contributed by atoms with Gasteiger partial charge in [0.25, 0.3) is 0 Å². The van der Waals surface area contributed by atoms with Crippen LogP contribution in [0.1, 0.15) is 5.01 Å². The molecule has 4 nitrogen and oxygen atoms in total. The molecule has 0 aliphatic rings. The molecule has 0 saturated heterocycles. The van der Waals surface area contributed by atoms with Crippen LogP contribution in [0, 0.1) is 0 Å². The number of halogens is 2. The van der Waals surface area contributed by atoms with E-state index in [0.29, 0.717) is 15.8 Å². The first-order chi connectivity index (χ1) is 11.1. The molecule has 118 valence electrons. The quantitative estimate of drug-likeness (QED) is 0.611. The molecule has 0 fully saturated rings. The average molecular weight is 368 g/mol. The Hall–Kier alpha value is -1.82. The van der Waals surface area contributed by atoms with Crippen LogP contribution in [0.3, 0.4) is 0 Å². The molecule has 23 heavy (non-hydrogen) atoms. The second-order valence-corrected chi connectivity index (χ2v) is 6.56. The van der Waals surface area contributed by atoms with Crippen LogP contribution < -0.4 is 4.74 Å². The molecule has 1 aromatic heterocycles. The summed E-state index contributed by atoms with van der Waals surface area (Å²) in [4.78, 5) is 16.1. The smallest absolute Gasteiger partial charge is 0.344 e. The van der Waals surface area contributed by atoms with Crippen molar-refractivity contribution in [3.8, 4) is 5.75 Å². The van der Waals surface area contributed by atoms with Crippen molar-refractivity contribution in [2.45, 2.75) is 6.61 Å². The lowest BCUT2D eigenvalue weighted by Crippen LogP contribution is -2.14. The minimum absolute atomic E-state index is 0.116. The van der Waals surface area contributed by atoms with Crippen molar-refractivity contribution in [3.05, 3.63) is 57.5 Å². The normalized spacial score (nSPS) is 10.7. The van der Waals surface area contributed by atoms with Crippen molar-refractivity contribution in [3.63, 3.8) is 0 Å². The number of benzene rings is 2. The van der Waals surface area contributed by atoms with E-state index in [2.05, 4.69) is 4.98 Å². The van der Waals surface area contributed by atoms with Crippen LogP contribution in [0.25, 0.3) is 10.2 Å². The molecule has 7 heteroatoms. The first-order valence-electron chi connectivity index (χ1n) is 6.70. The molecular weight excluding hydrogens is 357 g/mol. The van der Waals surface area contributed by atoms with E-state index in [9.17, 15) is 4.79 Å². The Labute approximate surface area is 146 Å². The molecule has 0 atom stereocenters. The third kappa shape index (κ3) is 4.13. The van der Waals surface area contributed by atoms with Crippen molar-refractivity contribution in [1.29, 1.82) is 0 Å². The summed E-state index contributed by atoms with van der Waals surface area (Å²) in [6.07, 6.45) is 0. The molecule has 2 aromatic carbocycles. The predicted octanol–water partition coefficient (Wildman–Crippen LogP) is 4.73. The molecule has 0 spiro atoms. The number of rotatable bonds is 5. The van der Waals surface area contributed by atoms with E-state index in [1.54, 1.807) is 18.2 Å². The number of carbonyl (C=O) groups excluding carboxylic acids is 1. The summed E-state index contributed by atoms with van der Waals surface area (Å²) in [6.45, 7) is -0.129. The van der Waals surface area contributed by atoms with E-state index in [1.807, 2.05) is 24.3 Å². The van der Waals surface area contributed by atoms with Crippen molar-refractivity contribution < 1.29 is 14.3 Å². The fourth-order valence-electron chi connectivity index (χ4n) is 1.89. The number of fused-ring (bicyclic) bond motifs is 1. The van der Waals surface area contributed by atoms with Gasteiger partial charge in [0.2, 0.25) is 0 Å². The zero-order chi connectivity index (χ0) is 16.2. The number of aromatic nitrogens is 1. The molecule has 3 aromatic rings. The van der Waals surface area contributed by atoms with Gasteiger partial charge in [-0.2, -0.15) is 0 Å². The maximum absolute atomic E-state index is 11.8. The van der Waals surface area contributed by atoms with Crippen molar-refractivity contribution in [2.24, 2.45) is 0 Å². The molecule has 0 saturated carbocycles. The van der Waals surface area contributed by atoms with Gasteiger partial charge in [0.15, 0.2) is 6.61 Å². The Morgan fingerprint density at radius 3 is 2.83 bits per heavy atom. The summed E-state index contributed by atoms with van der Waals surface area (Å²) in [5, 5.41) is 1.60. The highest BCUT2D eigenvalue weighted by atomic mass is 35.5. The first kappa shape index (κ1) is 16.1. The summed E-state index contributed by atoms with van der Waals surface area (Å²) in [5.41, 5.74) is 0.894. The van der Waals surface area contributed by atoms with Gasteiger partial charge in [-0.3, -0.25) is 0 Å². The molecule has 0 amide bonds. The van der Waals surface area contributed by atoms with Crippen LogP contribution in [-0.4, -0.2) is 17.6 Å². The first-order valence-corrected chi connectivity index (χ1v) is 8.27. The van der Waals surface area contributed by atoms with E-state index in [1.165, 1.54) is 11.3 Å². The number of hydrogen-bond acceptors (Lipinski definition) is 5. The van der Waals surface area contributed by atoms with E-state index in [4.69, 9.17) is 32.7 Å². The highest BCUT2D eigenvalue weighted by Gasteiger charge is 2.10. The number of esters is 1. The molecule has 1 heterocycles. The summed E-state index contributed by atoms with van der Waals surface area (Å²) >= 11 is 13.3. The third-order valence-electron chi connectivity index (χ3n) is 2.93. The predicted molar refractivity (Wildman–Crippen MR) is 91.4 cm³/mol. The number of hydrogen-bond donors (Lipinski definition) is 0. The topological polar surface area (TPSA) is 48.4 Å². The van der Waals surface area contributed by atoms with E-state index in [-0.39, 0.29) is 13.2 Å². The Balaban J connectivity index is 1.54. The van der Waals surface area contributed by atoms with E-state index >= 15 is 0 Å². The van der Waals surface area contributed by atoms with Gasteiger partial charge in [0.05, 0.1) is 15.2 Å². The van der Waals surface area contributed by atoms with Gasteiger partial charge in [-0.05, 0) is 24.3 Å². The van der Waals surface area contributed by atoms with Crippen LogP contribution in [0.5, 0.6) is 5.75 Å². The molecule has 0 unspecified atom stereocenters. The number of carbonyl (C=O) groups is 1. The zero-order valence-corrected chi connectivity index (χ0v) is 14.1. The van der Waals surface area contributed by atoms with Gasteiger partial charge in [-0.1, -0.05) is 35.3 Å². The largest absolute Gasteiger partial charge is 0.480 e. The highest BCUT2D eigenvalue weighted by Crippen LogP contribution is 2.27. The standard InChI is InChI=1S/C16H11Cl2NO3S/c17-10-5-6-11(18)13(7-10)21-9-16(20)22-8-15-19-12-3-1-2-4-14(12)23-15/h1-7H,8-9H2. The van der Waals surface area contributed by atoms with E-state index < -0.39 is 5.97 Å². The summed E-state index contributed by atoms with van der Waals surface area (Å²) in [7, 11) is 0. The summed E-state index contributed by atoms with van der Waals surface area (Å²) < 4.78 is 11.5. The number of para-hydroxylation sites is 1. The van der Waals surface area contributed by atoms with Gasteiger partial charge >= 0.3 is 5.97 Å². The summed E-state index contributed by atoms with van der Waals surface area (Å²) in [5.74, 6) is -0.156. The fraction of sp³-hybridized carbons (Fsp3) is 0.125. The van der Waals surface area contributed by atoms with Crippen LogP contribution in [0.15, 0.2) is 42.5 Å². The fourth-order valence-corrected chi connectivity index (χ4v) is 3.10. The monoisotopic (exact) mass is 367 g/mol. The number of ether oxygens (including phenoxy) is 2. The Morgan fingerprint density at radius 1 is 1.17 bits per heavy atom. The molecule has 0 bridgehead atoms. The molecule has 0 N–H and O–H groups in total. The zero-order valence-electron chi connectivity index (χ0n) is 11.8. The molecule has 0 radical (unpaired) electrons. The third-order valence-corrected chi connectivity index (χ3v) is 4.49. The van der Waals surface area contributed by atoms with Crippen LogP contribution >= 0.6 is 34.5 Å². The Kier molecular flexibility index (Phi) is 5.00. The lowest BCUT2D eigenvalue weighted by molar-refractivity contribution is -0.147. The maximum atomic E-state index is 11.8. The van der Waals surface area contributed by atoms with Crippen LogP contribution in [0.4, 0.5) is 0 Å². The highest BCUT2D eigenvalue weighted by molar-refractivity contribution is 7.18. The Morgan fingerprint density at radius 2 is 2.00 bits per heavy atom. The second-order valence-electron chi connectivity index (χ2n) is 4.60. The van der Waals surface area contributed by atoms with Crippen LogP contribution in [0.2, 0.25) is 10.0 Å². The SMILES string of the molecule is O=C(COc1cc(Cl)ccc1Cl)OCc1nc2ccccc2s1. The van der Waals surface area contributed by atoms with Gasteiger partial charge in [-0.25, -0.2) is 9.78 Å². The number of thiazole rings is 1. The van der Waals surface area contributed by atoms with Gasteiger partial charge in [-0.15, -0.1) is 11.3 Å². The summed E-state index contributed by atoms with van der Waals surface area (Å²) in [6, 6.07) is 12.5. The lowest BCUT2D eigenvalue weighted by Gasteiger charge is -2.07. The minimum Gasteiger partial charge on any atom is -0.480 e. The molecule has 3 rings (SSSR count). The van der Waals surface area contributed by atoms with Crippen LogP contribution in [-0.2, 0) is 16.1 Å². The average Bonchev–Trinajstić information content (AvgIpc) is 2.96. The van der Waals surface area contributed by atoms with E-state index in [0.717, 1.165) is 15.2 Å². The second kappa shape index (κ2) is 7.17. The van der Waals surface area contributed by atoms with Gasteiger partial charge in [0, 0.05) is 11.1 Å². The van der Waals surface area contributed by atoms with Crippen molar-refractivity contribution >= 4 is 50.7 Å². The molecule has 0 aliphatic heterocycles. The van der Waals surface area contributed by atoms with Gasteiger partial charge < -0.3 is 9.47 Å².